The molecule has 2 nitrogen and oxygen atoms in total. The molecule has 0 aliphatic rings. The van der Waals surface area contributed by atoms with Crippen LogP contribution in [0.25, 0.3) is 0 Å². The Morgan fingerprint density at radius 3 is 1.23 bits per heavy atom. The van der Waals surface area contributed by atoms with E-state index in [-0.39, 0.29) is 0 Å². The Balaban J connectivity index is 0.000000252. The zero-order valence-corrected chi connectivity index (χ0v) is 11.3. The van der Waals surface area contributed by atoms with Gasteiger partial charge in [0.2, 0.25) is 0 Å². The highest BCUT2D eigenvalue weighted by atomic mass is 79.9. The fourth-order valence-corrected chi connectivity index (χ4v) is 0.637. The molecule has 0 amide bonds. The van der Waals surface area contributed by atoms with E-state index in [1.807, 2.05) is 0 Å². The SMILES string of the molecule is Cc1ccc(C)cc1.O=S(=O)(Br)Br. The van der Waals surface area contributed by atoms with Crippen molar-refractivity contribution < 1.29 is 8.42 Å². The fourth-order valence-electron chi connectivity index (χ4n) is 0.637. The first-order valence-corrected chi connectivity index (χ1v) is 8.63. The first kappa shape index (κ1) is 13.1. The summed E-state index contributed by atoms with van der Waals surface area (Å²) in [4.78, 5) is 0. The average molecular weight is 330 g/mol. The minimum absolute atomic E-state index is 1.33. The Kier molecular flexibility index (Phi) is 5.83. The predicted molar refractivity (Wildman–Crippen MR) is 62.7 cm³/mol. The van der Waals surface area contributed by atoms with Gasteiger partial charge in [-0.25, -0.2) is 8.42 Å². The molecule has 0 unspecified atom stereocenters. The highest BCUT2D eigenvalue weighted by Gasteiger charge is 1.87. The fraction of sp³-hybridized carbons (Fsp3) is 0.250. The maximum atomic E-state index is 9.47. The standard InChI is InChI=1S/C8H10.Br2O2S/c1-7-3-5-8(2)6-4-7;1-5(2,3)4/h3-6H,1-2H3;. The van der Waals surface area contributed by atoms with Crippen molar-refractivity contribution in [2.45, 2.75) is 13.8 Å². The van der Waals surface area contributed by atoms with Crippen LogP contribution in [0.15, 0.2) is 24.3 Å². The van der Waals surface area contributed by atoms with Gasteiger partial charge in [0.15, 0.2) is 0 Å². The van der Waals surface area contributed by atoms with E-state index < -0.39 is 6.70 Å². The minimum Gasteiger partial charge on any atom is -0.205 e. The van der Waals surface area contributed by atoms with Gasteiger partial charge >= 0.3 is 0 Å². The maximum Gasteiger partial charge on any atom is 0.268 e. The second-order valence-electron chi connectivity index (χ2n) is 2.53. The molecular weight excluding hydrogens is 320 g/mol. The van der Waals surface area contributed by atoms with E-state index in [1.165, 1.54) is 11.1 Å². The summed E-state index contributed by atoms with van der Waals surface area (Å²) in [6.45, 7) is 1.15. The van der Waals surface area contributed by atoms with E-state index in [2.05, 4.69) is 67.7 Å². The summed E-state index contributed by atoms with van der Waals surface area (Å²) in [5, 5.41) is 0. The number of benzene rings is 1. The van der Waals surface area contributed by atoms with Crippen LogP contribution in [0.2, 0.25) is 0 Å². The molecule has 0 radical (unpaired) electrons. The van der Waals surface area contributed by atoms with Gasteiger partial charge in [0.05, 0.1) is 29.6 Å². The lowest BCUT2D eigenvalue weighted by Crippen LogP contribution is -1.70. The molecule has 0 aliphatic carbocycles. The molecule has 5 heteroatoms. The van der Waals surface area contributed by atoms with Crippen LogP contribution in [0.3, 0.4) is 0 Å². The quantitative estimate of drug-likeness (QED) is 0.684. The topological polar surface area (TPSA) is 34.1 Å². The molecule has 0 N–H and O–H groups in total. The molecule has 0 saturated carbocycles. The van der Waals surface area contributed by atoms with E-state index in [0.29, 0.717) is 0 Å². The minimum atomic E-state index is -3.04. The number of hydrogen-bond donors (Lipinski definition) is 0. The van der Waals surface area contributed by atoms with Gasteiger partial charge in [-0.2, -0.15) is 0 Å². The normalized spacial score (nSPS) is 10.2. The molecular formula is C8H10Br2O2S. The Hall–Kier alpha value is 0.130. The molecule has 0 saturated heterocycles. The average Bonchev–Trinajstić information content (AvgIpc) is 1.92. The third-order valence-corrected chi connectivity index (χ3v) is 1.22. The van der Waals surface area contributed by atoms with Crippen LogP contribution in [0.4, 0.5) is 0 Å². The van der Waals surface area contributed by atoms with E-state index in [4.69, 9.17) is 0 Å². The number of hydrogen-bond acceptors (Lipinski definition) is 2. The van der Waals surface area contributed by atoms with Crippen molar-refractivity contribution in [1.29, 1.82) is 0 Å². The summed E-state index contributed by atoms with van der Waals surface area (Å²) in [5.74, 6) is 0. The van der Waals surface area contributed by atoms with Gasteiger partial charge in [0.1, 0.15) is 0 Å². The molecule has 0 aliphatic heterocycles. The Morgan fingerprint density at radius 1 is 0.923 bits per heavy atom. The first-order chi connectivity index (χ1) is 5.79. The molecule has 0 atom stereocenters. The van der Waals surface area contributed by atoms with Crippen LogP contribution in [-0.4, -0.2) is 8.42 Å². The highest BCUT2D eigenvalue weighted by molar-refractivity contribution is 9.79. The van der Waals surface area contributed by atoms with E-state index >= 15 is 0 Å². The largest absolute Gasteiger partial charge is 0.268 e. The summed E-state index contributed by atoms with van der Waals surface area (Å²) in [7, 11) is 0. The summed E-state index contributed by atoms with van der Waals surface area (Å²) in [5.41, 5.74) is 2.66. The van der Waals surface area contributed by atoms with Gasteiger partial charge < -0.3 is 0 Å². The van der Waals surface area contributed by atoms with Crippen LogP contribution < -0.4 is 0 Å². The molecule has 0 heterocycles. The molecule has 1 aromatic carbocycles. The second-order valence-corrected chi connectivity index (χ2v) is 11.0. The van der Waals surface area contributed by atoms with Crippen molar-refractivity contribution in [3.05, 3.63) is 35.4 Å². The second kappa shape index (κ2) is 5.78. The summed E-state index contributed by atoms with van der Waals surface area (Å²) >= 11 is 4.53. The molecule has 0 aromatic heterocycles. The van der Waals surface area contributed by atoms with Crippen LogP contribution in [-0.2, 0) is 6.70 Å². The van der Waals surface area contributed by atoms with Crippen LogP contribution >= 0.6 is 29.6 Å². The summed E-state index contributed by atoms with van der Waals surface area (Å²) < 4.78 is 18.9. The van der Waals surface area contributed by atoms with Gasteiger partial charge in [-0.1, -0.05) is 35.4 Å². The van der Waals surface area contributed by atoms with E-state index in [0.717, 1.165) is 0 Å². The molecule has 0 bridgehead atoms. The highest BCUT2D eigenvalue weighted by Crippen LogP contribution is 2.06. The number of halogens is 2. The molecule has 0 fully saturated rings. The zero-order chi connectivity index (χ0) is 10.5. The summed E-state index contributed by atoms with van der Waals surface area (Å²) in [6, 6.07) is 8.48. The number of rotatable bonds is 0. The van der Waals surface area contributed by atoms with Crippen LogP contribution in [0.1, 0.15) is 11.1 Å². The lowest BCUT2D eigenvalue weighted by atomic mass is 10.2. The van der Waals surface area contributed by atoms with Gasteiger partial charge in [-0.15, -0.1) is 0 Å². The third kappa shape index (κ3) is 12.1. The zero-order valence-electron chi connectivity index (χ0n) is 7.29. The monoisotopic (exact) mass is 328 g/mol. The van der Waals surface area contributed by atoms with Crippen molar-refractivity contribution in [3.8, 4) is 0 Å². The van der Waals surface area contributed by atoms with Gasteiger partial charge in [-0.3, -0.25) is 0 Å². The lowest BCUT2D eigenvalue weighted by molar-refractivity contribution is 0.625. The van der Waals surface area contributed by atoms with Crippen molar-refractivity contribution in [2.75, 3.05) is 0 Å². The molecule has 0 spiro atoms. The molecule has 1 rings (SSSR count). The summed E-state index contributed by atoms with van der Waals surface area (Å²) in [6.07, 6.45) is 0. The van der Waals surface area contributed by atoms with Gasteiger partial charge in [0.25, 0.3) is 6.70 Å². The number of aryl methyl sites for hydroxylation is 2. The van der Waals surface area contributed by atoms with Crippen molar-refractivity contribution in [2.24, 2.45) is 0 Å². The molecule has 74 valence electrons. The Bertz CT molecular complexity index is 314. The van der Waals surface area contributed by atoms with Gasteiger partial charge in [0, 0.05) is 0 Å². The van der Waals surface area contributed by atoms with Crippen LogP contribution in [0.5, 0.6) is 0 Å². The van der Waals surface area contributed by atoms with Crippen molar-refractivity contribution in [1.82, 2.24) is 0 Å². The van der Waals surface area contributed by atoms with E-state index in [1.54, 1.807) is 0 Å². The lowest BCUT2D eigenvalue weighted by Gasteiger charge is -1.90. The predicted octanol–water partition coefficient (Wildman–Crippen LogP) is 3.32. The molecule has 1 aromatic rings. The third-order valence-electron chi connectivity index (χ3n) is 1.22. The Morgan fingerprint density at radius 2 is 1.08 bits per heavy atom. The van der Waals surface area contributed by atoms with E-state index in [9.17, 15) is 8.42 Å². The van der Waals surface area contributed by atoms with Crippen LogP contribution in [0, 0.1) is 13.8 Å². The van der Waals surface area contributed by atoms with Crippen molar-refractivity contribution in [3.63, 3.8) is 0 Å². The van der Waals surface area contributed by atoms with Gasteiger partial charge in [-0.05, 0) is 13.8 Å². The smallest absolute Gasteiger partial charge is 0.205 e. The maximum absolute atomic E-state index is 9.47. The van der Waals surface area contributed by atoms with Crippen molar-refractivity contribution >= 4 is 36.3 Å². The molecule has 13 heavy (non-hydrogen) atoms. The Labute approximate surface area is 93.7 Å². The first-order valence-electron chi connectivity index (χ1n) is 3.46.